The lowest BCUT2D eigenvalue weighted by atomic mass is 9.89. The lowest BCUT2D eigenvalue weighted by Crippen LogP contribution is -2.71. The molecule has 0 unspecified atom stereocenters. The van der Waals surface area contributed by atoms with E-state index in [0.29, 0.717) is 0 Å². The molecule has 2 rings (SSSR count). The molecular weight excluding hydrogens is 274 g/mol. The molecule has 0 bridgehead atoms. The van der Waals surface area contributed by atoms with Gasteiger partial charge in [-0.25, -0.2) is 0 Å². The minimum Gasteiger partial charge on any atom is -0.547 e. The van der Waals surface area contributed by atoms with Crippen LogP contribution in [0.2, 0.25) is 0 Å². The molecule has 0 aromatic carbocycles. The van der Waals surface area contributed by atoms with Crippen molar-refractivity contribution in [3.63, 3.8) is 0 Å². The molecule has 0 amide bonds. The van der Waals surface area contributed by atoms with Crippen LogP contribution in [-0.2, 0) is 19.1 Å². The molecule has 2 fully saturated rings. The Labute approximate surface area is 113 Å². The number of aliphatic carboxylic acids is 2. The van der Waals surface area contributed by atoms with Crippen LogP contribution in [0.1, 0.15) is 12.8 Å². The van der Waals surface area contributed by atoms with Gasteiger partial charge in [0.25, 0.3) is 0 Å². The zero-order valence-electron chi connectivity index (χ0n) is 10.6. The summed E-state index contributed by atoms with van der Waals surface area (Å²) in [5.41, 5.74) is 1.37. The van der Waals surface area contributed by atoms with Gasteiger partial charge >= 0.3 is 0 Å². The quantitative estimate of drug-likeness (QED) is 0.460. The number of carboxylic acid groups (broad SMARTS) is 2. The molecule has 0 saturated carbocycles. The maximum Gasteiger partial charge on any atom is 0.128 e. The molecule has 2 aliphatic rings. The van der Waals surface area contributed by atoms with E-state index in [1.54, 1.807) is 0 Å². The van der Waals surface area contributed by atoms with Gasteiger partial charge < -0.3 is 45.2 Å². The predicted molar refractivity (Wildman–Crippen MR) is 55.3 cm³/mol. The third-order valence-electron chi connectivity index (χ3n) is 3.75. The van der Waals surface area contributed by atoms with Crippen LogP contribution in [-0.4, -0.2) is 64.8 Å². The van der Waals surface area contributed by atoms with Crippen molar-refractivity contribution in [3.8, 4) is 0 Å². The van der Waals surface area contributed by atoms with Crippen molar-refractivity contribution in [1.82, 2.24) is 0 Å². The fourth-order valence-electron chi connectivity index (χ4n) is 2.64. The molecule has 5 N–H and O–H groups in total. The highest BCUT2D eigenvalue weighted by Gasteiger charge is 2.55. The molecule has 2 saturated heterocycles. The van der Waals surface area contributed by atoms with Crippen molar-refractivity contribution in [1.29, 1.82) is 0 Å². The highest BCUT2D eigenvalue weighted by Crippen LogP contribution is 2.39. The number of carbonyl (C=O) groups is 2. The number of fused-ring (bicyclic) bond motifs is 1. The Hall–Kier alpha value is -1.26. The van der Waals surface area contributed by atoms with Gasteiger partial charge in [0.15, 0.2) is 0 Å². The average molecular weight is 290 g/mol. The Morgan fingerprint density at radius 3 is 2.60 bits per heavy atom. The summed E-state index contributed by atoms with van der Waals surface area (Å²) in [6.07, 6.45) is -4.93. The molecule has 6 atom stereocenters. The van der Waals surface area contributed by atoms with Crippen LogP contribution in [0, 0.1) is 0 Å². The second kappa shape index (κ2) is 5.26. The molecule has 20 heavy (non-hydrogen) atoms. The predicted octanol–water partition coefficient (Wildman–Crippen LogP) is -5.86. The summed E-state index contributed by atoms with van der Waals surface area (Å²) in [6.45, 7) is -0.150. The molecule has 9 nitrogen and oxygen atoms in total. The number of rotatable bonds is 4. The van der Waals surface area contributed by atoms with E-state index in [0.717, 1.165) is 0 Å². The van der Waals surface area contributed by atoms with Gasteiger partial charge in [-0.1, -0.05) is 0 Å². The molecule has 114 valence electrons. The van der Waals surface area contributed by atoms with E-state index >= 15 is 0 Å². The summed E-state index contributed by atoms with van der Waals surface area (Å²) in [5, 5.41) is 41.3. The minimum absolute atomic E-state index is 0.150. The average Bonchev–Trinajstić information content (AvgIpc) is 2.74. The first-order valence-electron chi connectivity index (χ1n) is 6.18. The molecule has 2 aliphatic heterocycles. The van der Waals surface area contributed by atoms with Crippen LogP contribution in [0.3, 0.4) is 0 Å². The first-order valence-corrected chi connectivity index (χ1v) is 6.18. The van der Waals surface area contributed by atoms with Gasteiger partial charge in [-0.2, -0.15) is 0 Å². The molecule has 0 aromatic heterocycles. The van der Waals surface area contributed by atoms with E-state index in [4.69, 9.17) is 9.47 Å². The standard InChI is InChI=1S/C11H17NO8/c12-4(9(15)16)1-11(10(17)18)2-6-8(20-11)7(14)5(13)3-19-6/h4-8,13-14H,1-3,12H2,(H,15,16)(H,17,18)/p-1/t4-,5+,6+,7+,8-,11+/m0/s1. The van der Waals surface area contributed by atoms with Gasteiger partial charge in [0.05, 0.1) is 24.6 Å². The normalized spacial score (nSPS) is 42.0. The van der Waals surface area contributed by atoms with E-state index in [1.807, 2.05) is 0 Å². The number of carbonyl (C=O) groups excluding carboxylic acids is 2. The van der Waals surface area contributed by atoms with E-state index in [2.05, 4.69) is 5.73 Å². The van der Waals surface area contributed by atoms with E-state index in [9.17, 15) is 30.0 Å². The fourth-order valence-corrected chi connectivity index (χ4v) is 2.64. The molecule has 0 spiro atoms. The first-order chi connectivity index (χ1) is 9.27. The van der Waals surface area contributed by atoms with Gasteiger partial charge in [-0.15, -0.1) is 0 Å². The van der Waals surface area contributed by atoms with E-state index in [-0.39, 0.29) is 13.0 Å². The second-order valence-electron chi connectivity index (χ2n) is 5.22. The van der Waals surface area contributed by atoms with Crippen molar-refractivity contribution >= 4 is 11.9 Å². The summed E-state index contributed by atoms with van der Waals surface area (Å²) in [7, 11) is 0. The van der Waals surface area contributed by atoms with Gasteiger partial charge in [-0.3, -0.25) is 0 Å². The maximum absolute atomic E-state index is 11.3. The Morgan fingerprint density at radius 2 is 2.05 bits per heavy atom. The third kappa shape index (κ3) is 2.50. The third-order valence-corrected chi connectivity index (χ3v) is 3.75. The SMILES string of the molecule is [NH3+][C@@H](C[C@]1(C(=O)[O-])C[C@H]2OC[C@@H](O)[C@@H](O)[C@H]2O1)C(=O)[O-]. The van der Waals surface area contributed by atoms with Gasteiger partial charge in [0.2, 0.25) is 0 Å². The van der Waals surface area contributed by atoms with Crippen LogP contribution in [0.25, 0.3) is 0 Å². The number of aliphatic hydroxyl groups is 2. The summed E-state index contributed by atoms with van der Waals surface area (Å²) < 4.78 is 10.5. The Balaban J connectivity index is 2.20. The number of ether oxygens (including phenoxy) is 2. The highest BCUT2D eigenvalue weighted by atomic mass is 16.6. The number of hydrogen-bond donors (Lipinski definition) is 3. The van der Waals surface area contributed by atoms with Crippen molar-refractivity contribution in [2.75, 3.05) is 6.61 Å². The van der Waals surface area contributed by atoms with Gasteiger partial charge in [0.1, 0.15) is 30.0 Å². The highest BCUT2D eigenvalue weighted by molar-refractivity contribution is 5.78. The fraction of sp³-hybridized carbons (Fsp3) is 0.818. The van der Waals surface area contributed by atoms with Crippen LogP contribution in [0.4, 0.5) is 0 Å². The zero-order valence-corrected chi connectivity index (χ0v) is 10.6. The van der Waals surface area contributed by atoms with Crippen molar-refractivity contribution in [2.45, 2.75) is 48.9 Å². The van der Waals surface area contributed by atoms with Crippen LogP contribution >= 0.6 is 0 Å². The topological polar surface area (TPSA) is 167 Å². The number of hydrogen-bond acceptors (Lipinski definition) is 8. The van der Waals surface area contributed by atoms with E-state index < -0.39 is 54.4 Å². The van der Waals surface area contributed by atoms with Crippen LogP contribution < -0.4 is 15.9 Å². The molecular formula is C11H16NO8-. The molecule has 9 heteroatoms. The molecule has 0 radical (unpaired) electrons. The Morgan fingerprint density at radius 1 is 1.40 bits per heavy atom. The summed E-state index contributed by atoms with van der Waals surface area (Å²) in [5.74, 6) is -3.11. The van der Waals surface area contributed by atoms with Crippen LogP contribution in [0.15, 0.2) is 0 Å². The zero-order chi connectivity index (χ0) is 15.1. The Bertz CT molecular complexity index is 415. The smallest absolute Gasteiger partial charge is 0.128 e. The summed E-state index contributed by atoms with van der Waals surface area (Å²) in [6, 6.07) is -1.31. The molecule has 0 aliphatic carbocycles. The molecule has 2 heterocycles. The number of quaternary nitrogens is 1. The van der Waals surface area contributed by atoms with Crippen LogP contribution in [0.5, 0.6) is 0 Å². The first kappa shape index (κ1) is 15.1. The lowest BCUT2D eigenvalue weighted by molar-refractivity contribution is -0.444. The van der Waals surface area contributed by atoms with Crippen molar-refractivity contribution in [3.05, 3.63) is 0 Å². The largest absolute Gasteiger partial charge is 0.547 e. The van der Waals surface area contributed by atoms with Crippen molar-refractivity contribution in [2.24, 2.45) is 0 Å². The van der Waals surface area contributed by atoms with Gasteiger partial charge in [-0.05, 0) is 0 Å². The maximum atomic E-state index is 11.3. The summed E-state index contributed by atoms with van der Waals surface area (Å²) >= 11 is 0. The van der Waals surface area contributed by atoms with Gasteiger partial charge in [0, 0.05) is 12.8 Å². The number of carboxylic acids is 2. The minimum atomic E-state index is -1.92. The second-order valence-corrected chi connectivity index (χ2v) is 5.22. The monoisotopic (exact) mass is 290 g/mol. The molecule has 0 aromatic rings. The Kier molecular flexibility index (Phi) is 3.98. The lowest BCUT2D eigenvalue weighted by Gasteiger charge is -2.34. The number of aliphatic hydroxyl groups excluding tert-OH is 2. The summed E-state index contributed by atoms with van der Waals surface area (Å²) in [4.78, 5) is 22.1. The van der Waals surface area contributed by atoms with E-state index in [1.165, 1.54) is 0 Å². The van der Waals surface area contributed by atoms with Crippen molar-refractivity contribution < 1.29 is 45.2 Å².